The zero-order valence-electron chi connectivity index (χ0n) is 19.9. The van der Waals surface area contributed by atoms with Crippen molar-refractivity contribution in [1.82, 2.24) is 14.5 Å². The van der Waals surface area contributed by atoms with Gasteiger partial charge in [0.15, 0.2) is 0 Å². The molecule has 4 rings (SSSR count). The van der Waals surface area contributed by atoms with E-state index in [2.05, 4.69) is 35.4 Å². The monoisotopic (exact) mass is 450 g/mol. The van der Waals surface area contributed by atoms with E-state index in [0.29, 0.717) is 13.2 Å². The van der Waals surface area contributed by atoms with E-state index in [1.54, 1.807) is 4.90 Å². The van der Waals surface area contributed by atoms with E-state index < -0.39 is 0 Å². The summed E-state index contributed by atoms with van der Waals surface area (Å²) < 4.78 is 13.3. The van der Waals surface area contributed by atoms with Gasteiger partial charge in [0.2, 0.25) is 5.91 Å². The molecule has 7 heteroatoms. The summed E-state index contributed by atoms with van der Waals surface area (Å²) in [5.41, 5.74) is 5.07. The topological polar surface area (TPSA) is 59.8 Å². The molecule has 1 aliphatic heterocycles. The van der Waals surface area contributed by atoms with Crippen molar-refractivity contribution >= 4 is 22.6 Å². The number of para-hydroxylation sites is 3. The smallest absolute Gasteiger partial charge is 0.248 e. The zero-order chi connectivity index (χ0) is 23.2. The molecule has 0 radical (unpaired) electrons. The molecule has 1 aliphatic rings. The van der Waals surface area contributed by atoms with Gasteiger partial charge in [0, 0.05) is 19.7 Å². The van der Waals surface area contributed by atoms with Crippen molar-refractivity contribution in [3.8, 4) is 0 Å². The van der Waals surface area contributed by atoms with Crippen LogP contribution in [0.4, 0.5) is 5.69 Å². The van der Waals surface area contributed by atoms with Crippen molar-refractivity contribution in [3.63, 3.8) is 0 Å². The van der Waals surface area contributed by atoms with E-state index in [0.717, 1.165) is 66.4 Å². The first-order chi connectivity index (χ1) is 16.1. The average molecular weight is 451 g/mol. The highest BCUT2D eigenvalue weighted by molar-refractivity contribution is 5.95. The Balaban J connectivity index is 1.68. The van der Waals surface area contributed by atoms with Gasteiger partial charge in [-0.3, -0.25) is 14.6 Å². The molecule has 176 valence electrons. The fourth-order valence-electron chi connectivity index (χ4n) is 4.44. The lowest BCUT2D eigenvalue weighted by atomic mass is 10.0. The second kappa shape index (κ2) is 10.9. The Bertz CT molecular complexity index is 1090. The Morgan fingerprint density at radius 2 is 1.91 bits per heavy atom. The minimum absolute atomic E-state index is 0.00108. The second-order valence-electron chi connectivity index (χ2n) is 8.37. The Morgan fingerprint density at radius 3 is 2.67 bits per heavy atom. The number of hydrogen-bond acceptors (Lipinski definition) is 5. The number of anilines is 1. The van der Waals surface area contributed by atoms with Crippen LogP contribution >= 0.6 is 0 Å². The van der Waals surface area contributed by atoms with Crippen LogP contribution in [0.2, 0.25) is 0 Å². The molecule has 33 heavy (non-hydrogen) atoms. The summed E-state index contributed by atoms with van der Waals surface area (Å²) >= 11 is 0. The summed E-state index contributed by atoms with van der Waals surface area (Å²) in [7, 11) is 0. The molecule has 0 saturated carbocycles. The number of carbonyl (C=O) groups excluding carboxylic acids is 1. The van der Waals surface area contributed by atoms with Gasteiger partial charge in [-0.1, -0.05) is 37.3 Å². The molecule has 3 aromatic rings. The highest BCUT2D eigenvalue weighted by atomic mass is 16.5. The van der Waals surface area contributed by atoms with Gasteiger partial charge in [-0.25, -0.2) is 4.98 Å². The normalized spacial score (nSPS) is 14.6. The van der Waals surface area contributed by atoms with Gasteiger partial charge < -0.3 is 14.0 Å². The molecular weight excluding hydrogens is 416 g/mol. The molecule has 1 saturated heterocycles. The number of amides is 1. The summed E-state index contributed by atoms with van der Waals surface area (Å²) in [6, 6.07) is 14.2. The maximum atomic E-state index is 13.8. The van der Waals surface area contributed by atoms with E-state index >= 15 is 0 Å². The quantitative estimate of drug-likeness (QED) is 0.465. The van der Waals surface area contributed by atoms with Gasteiger partial charge in [0.25, 0.3) is 0 Å². The molecule has 0 bridgehead atoms. The number of carbonyl (C=O) groups is 1. The van der Waals surface area contributed by atoms with Crippen LogP contribution in [-0.2, 0) is 33.8 Å². The third-order valence-corrected chi connectivity index (χ3v) is 6.19. The number of morpholine rings is 1. The number of fused-ring (bicyclic) bond motifs is 1. The summed E-state index contributed by atoms with van der Waals surface area (Å²) in [4.78, 5) is 22.8. The van der Waals surface area contributed by atoms with Crippen LogP contribution in [0, 0.1) is 6.92 Å². The maximum Gasteiger partial charge on any atom is 0.248 e. The van der Waals surface area contributed by atoms with Crippen molar-refractivity contribution < 1.29 is 14.3 Å². The molecule has 2 aromatic carbocycles. The maximum absolute atomic E-state index is 13.8. The molecule has 1 amide bonds. The van der Waals surface area contributed by atoms with Crippen molar-refractivity contribution in [2.24, 2.45) is 0 Å². The summed E-state index contributed by atoms with van der Waals surface area (Å²) in [6.07, 6.45) is 0.850. The molecule has 0 unspecified atom stereocenters. The first kappa shape index (κ1) is 23.4. The standard InChI is InChI=1S/C26H34N4O3/c1-4-21-10-8-9-20(3)26(21)30(19-32-5-2)25(31)18-29-23-12-7-6-11-22(23)27-24(29)17-28-13-15-33-16-14-28/h6-12H,4-5,13-19H2,1-3H3. The zero-order valence-corrected chi connectivity index (χ0v) is 19.9. The van der Waals surface area contributed by atoms with Crippen LogP contribution in [0.1, 0.15) is 30.8 Å². The molecule has 1 fully saturated rings. The molecule has 0 spiro atoms. The first-order valence-electron chi connectivity index (χ1n) is 11.8. The number of rotatable bonds is 9. The van der Waals surface area contributed by atoms with Crippen LogP contribution in [0.15, 0.2) is 42.5 Å². The van der Waals surface area contributed by atoms with E-state index in [1.165, 1.54) is 0 Å². The Morgan fingerprint density at radius 1 is 1.12 bits per heavy atom. The number of aryl methyl sites for hydroxylation is 2. The third kappa shape index (κ3) is 5.27. The lowest BCUT2D eigenvalue weighted by Gasteiger charge is -2.28. The number of hydrogen-bond donors (Lipinski definition) is 0. The molecule has 0 N–H and O–H groups in total. The van der Waals surface area contributed by atoms with Crippen LogP contribution in [0.3, 0.4) is 0 Å². The lowest BCUT2D eigenvalue weighted by molar-refractivity contribution is -0.120. The van der Waals surface area contributed by atoms with Crippen molar-refractivity contribution in [1.29, 1.82) is 0 Å². The lowest BCUT2D eigenvalue weighted by Crippen LogP contribution is -2.39. The minimum Gasteiger partial charge on any atom is -0.379 e. The number of nitrogens with zero attached hydrogens (tertiary/aromatic N) is 4. The highest BCUT2D eigenvalue weighted by Crippen LogP contribution is 2.27. The molecule has 2 heterocycles. The van der Waals surface area contributed by atoms with E-state index in [9.17, 15) is 4.79 Å². The van der Waals surface area contributed by atoms with Crippen LogP contribution < -0.4 is 4.90 Å². The molecule has 1 aromatic heterocycles. The fraction of sp³-hybridized carbons (Fsp3) is 0.462. The number of imidazole rings is 1. The Kier molecular flexibility index (Phi) is 7.75. The number of benzene rings is 2. The summed E-state index contributed by atoms with van der Waals surface area (Å²) in [6.45, 7) is 11.0. The SMILES string of the molecule is CCOCN(C(=O)Cn1c(CN2CCOCC2)nc2ccccc21)c1c(C)cccc1CC. The fourth-order valence-corrected chi connectivity index (χ4v) is 4.44. The predicted octanol–water partition coefficient (Wildman–Crippen LogP) is 3.77. The molecule has 0 atom stereocenters. The highest BCUT2D eigenvalue weighted by Gasteiger charge is 2.24. The third-order valence-electron chi connectivity index (χ3n) is 6.19. The molecular formula is C26H34N4O3. The van der Waals surface area contributed by atoms with Crippen LogP contribution in [0.5, 0.6) is 0 Å². The largest absolute Gasteiger partial charge is 0.379 e. The van der Waals surface area contributed by atoms with Gasteiger partial charge in [-0.2, -0.15) is 0 Å². The Labute approximate surface area is 195 Å². The average Bonchev–Trinajstić information content (AvgIpc) is 3.17. The van der Waals surface area contributed by atoms with Gasteiger partial charge in [-0.05, 0) is 43.5 Å². The van der Waals surface area contributed by atoms with E-state index in [4.69, 9.17) is 14.5 Å². The summed E-state index contributed by atoms with van der Waals surface area (Å²) in [5, 5.41) is 0. The van der Waals surface area contributed by atoms with E-state index in [1.807, 2.05) is 37.3 Å². The van der Waals surface area contributed by atoms with Crippen LogP contribution in [0.25, 0.3) is 11.0 Å². The number of aromatic nitrogens is 2. The predicted molar refractivity (Wildman–Crippen MR) is 130 cm³/mol. The van der Waals surface area contributed by atoms with Crippen molar-refractivity contribution in [2.45, 2.75) is 40.3 Å². The minimum atomic E-state index is -0.00108. The first-order valence-corrected chi connectivity index (χ1v) is 11.8. The summed E-state index contributed by atoms with van der Waals surface area (Å²) in [5.74, 6) is 0.905. The van der Waals surface area contributed by atoms with Crippen LogP contribution in [-0.4, -0.2) is 60.0 Å². The molecule has 7 nitrogen and oxygen atoms in total. The van der Waals surface area contributed by atoms with Crippen molar-refractivity contribution in [2.75, 3.05) is 44.5 Å². The van der Waals surface area contributed by atoms with Gasteiger partial charge in [0.05, 0.1) is 36.5 Å². The second-order valence-corrected chi connectivity index (χ2v) is 8.37. The Hall–Kier alpha value is -2.74. The van der Waals surface area contributed by atoms with Crippen molar-refractivity contribution in [3.05, 3.63) is 59.4 Å². The van der Waals surface area contributed by atoms with Gasteiger partial charge >= 0.3 is 0 Å². The van der Waals surface area contributed by atoms with Gasteiger partial charge in [-0.15, -0.1) is 0 Å². The van der Waals surface area contributed by atoms with E-state index in [-0.39, 0.29) is 19.2 Å². The molecule has 0 aliphatic carbocycles. The number of ether oxygens (including phenoxy) is 2. The van der Waals surface area contributed by atoms with Gasteiger partial charge in [0.1, 0.15) is 19.1 Å².